The Labute approximate surface area is 120 Å². The van der Waals surface area contributed by atoms with Crippen LogP contribution in [-0.2, 0) is 4.74 Å². The summed E-state index contributed by atoms with van der Waals surface area (Å²) < 4.78 is 5.43. The lowest BCUT2D eigenvalue weighted by atomic mass is 10.1. The number of likely N-dealkylation sites (tertiary alicyclic amines) is 1. The van der Waals surface area contributed by atoms with Crippen molar-refractivity contribution < 1.29 is 14.3 Å². The summed E-state index contributed by atoms with van der Waals surface area (Å²) in [7, 11) is 0. The van der Waals surface area contributed by atoms with E-state index in [1.807, 2.05) is 20.8 Å². The Bertz CT molecular complexity index is 296. The molecular weight excluding hydrogens is 353 g/mol. The number of rotatable bonds is 1. The molecule has 0 aromatic rings. The second-order valence-electron chi connectivity index (χ2n) is 5.02. The Hall–Kier alpha value is 0.0200. The summed E-state index contributed by atoms with van der Waals surface area (Å²) in [5.41, 5.74) is -0.444. The third kappa shape index (κ3) is 5.94. The minimum absolute atomic E-state index is 0.123. The van der Waals surface area contributed by atoms with Crippen LogP contribution in [0.3, 0.4) is 0 Å². The Morgan fingerprint density at radius 1 is 1.29 bits per heavy atom. The minimum Gasteiger partial charge on any atom is -0.444 e. The van der Waals surface area contributed by atoms with Crippen LogP contribution in [0.15, 0.2) is 0 Å². The third-order valence-corrected chi connectivity index (χ3v) is 4.11. The highest BCUT2D eigenvalue weighted by molar-refractivity contribution is 14.1. The Kier molecular flexibility index (Phi) is 5.56. The summed E-state index contributed by atoms with van der Waals surface area (Å²) in [5.74, 6) is 0. The van der Waals surface area contributed by atoms with Gasteiger partial charge in [-0.25, -0.2) is 4.79 Å². The monoisotopic (exact) mass is 371 g/mol. The van der Waals surface area contributed by atoms with Crippen LogP contribution in [0.25, 0.3) is 0 Å². The Morgan fingerprint density at radius 2 is 1.82 bits per heavy atom. The van der Waals surface area contributed by atoms with Crippen molar-refractivity contribution in [3.63, 3.8) is 0 Å². The molecule has 0 N–H and O–H groups in total. The quantitative estimate of drug-likeness (QED) is 0.521. The van der Waals surface area contributed by atoms with Gasteiger partial charge in [-0.05, 0) is 33.6 Å². The molecule has 0 saturated carbocycles. The lowest BCUT2D eigenvalue weighted by molar-refractivity contribution is 0.0219. The number of thioether (sulfide) groups is 1. The maximum absolute atomic E-state index is 11.8. The van der Waals surface area contributed by atoms with Gasteiger partial charge in [0.15, 0.2) is 0 Å². The lowest BCUT2D eigenvalue weighted by Crippen LogP contribution is -2.42. The fraction of sp³-hybridized carbons (Fsp3) is 0.818. The first kappa shape index (κ1) is 15.1. The van der Waals surface area contributed by atoms with E-state index in [0.717, 1.165) is 12.8 Å². The molecule has 1 aliphatic heterocycles. The van der Waals surface area contributed by atoms with Gasteiger partial charge in [-0.15, -0.1) is 0 Å². The van der Waals surface area contributed by atoms with Crippen LogP contribution < -0.4 is 0 Å². The van der Waals surface area contributed by atoms with Crippen LogP contribution in [0, 0.1) is 0 Å². The van der Waals surface area contributed by atoms with Crippen LogP contribution in [-0.4, -0.2) is 38.1 Å². The van der Waals surface area contributed by atoms with Gasteiger partial charge in [-0.3, -0.25) is 4.79 Å². The molecule has 0 radical (unpaired) electrons. The predicted octanol–water partition coefficient (Wildman–Crippen LogP) is 3.67. The van der Waals surface area contributed by atoms with Gasteiger partial charge in [0.2, 0.25) is 3.12 Å². The van der Waals surface area contributed by atoms with Gasteiger partial charge < -0.3 is 9.64 Å². The zero-order chi connectivity index (χ0) is 13.1. The summed E-state index contributed by atoms with van der Waals surface area (Å²) in [6.07, 6.45) is 1.47. The van der Waals surface area contributed by atoms with Gasteiger partial charge in [-0.1, -0.05) is 11.8 Å². The molecule has 1 saturated heterocycles. The number of amides is 1. The van der Waals surface area contributed by atoms with Crippen molar-refractivity contribution in [3.05, 3.63) is 0 Å². The first-order valence-corrected chi connectivity index (χ1v) is 7.58. The lowest BCUT2D eigenvalue weighted by Gasteiger charge is -2.32. The standard InChI is InChI=1S/C11H18INO3S/c1-11(2,3)16-10(15)13-6-4-8(5-7-13)17-9(12)14/h8H,4-7H2,1-3H3. The molecule has 1 aliphatic rings. The van der Waals surface area contributed by atoms with Gasteiger partial charge in [0.05, 0.1) is 0 Å². The van der Waals surface area contributed by atoms with E-state index in [2.05, 4.69) is 0 Å². The van der Waals surface area contributed by atoms with E-state index in [1.165, 1.54) is 11.8 Å². The van der Waals surface area contributed by atoms with Crippen molar-refractivity contribution in [2.24, 2.45) is 0 Å². The SMILES string of the molecule is CC(C)(C)OC(=O)N1CCC(SC(=O)I)CC1. The maximum Gasteiger partial charge on any atom is 0.410 e. The van der Waals surface area contributed by atoms with Gasteiger partial charge >= 0.3 is 6.09 Å². The smallest absolute Gasteiger partial charge is 0.410 e. The van der Waals surface area contributed by atoms with Crippen LogP contribution in [0.4, 0.5) is 9.59 Å². The predicted molar refractivity (Wildman–Crippen MR) is 77.8 cm³/mol. The maximum atomic E-state index is 11.8. The second-order valence-corrected chi connectivity index (χ2v) is 8.01. The topological polar surface area (TPSA) is 46.6 Å². The molecule has 0 aliphatic carbocycles. The van der Waals surface area contributed by atoms with Gasteiger partial charge in [-0.2, -0.15) is 0 Å². The van der Waals surface area contributed by atoms with E-state index >= 15 is 0 Å². The summed E-state index contributed by atoms with van der Waals surface area (Å²) in [6.45, 7) is 6.94. The van der Waals surface area contributed by atoms with Crippen molar-refractivity contribution in [3.8, 4) is 0 Å². The molecule has 1 fully saturated rings. The molecular formula is C11H18INO3S. The number of hydrogen-bond donors (Lipinski definition) is 0. The number of ether oxygens (including phenoxy) is 1. The number of halogens is 1. The summed E-state index contributed by atoms with van der Waals surface area (Å²) >= 11 is 3.17. The van der Waals surface area contributed by atoms with Crippen LogP contribution in [0.2, 0.25) is 0 Å². The number of hydrogen-bond acceptors (Lipinski definition) is 4. The summed E-state index contributed by atoms with van der Waals surface area (Å²) in [4.78, 5) is 24.5. The van der Waals surface area contributed by atoms with Gasteiger partial charge in [0.1, 0.15) is 5.60 Å². The highest BCUT2D eigenvalue weighted by atomic mass is 127. The second kappa shape index (κ2) is 6.26. The third-order valence-electron chi connectivity index (χ3n) is 2.35. The van der Waals surface area contributed by atoms with Crippen molar-refractivity contribution in [1.29, 1.82) is 0 Å². The summed E-state index contributed by atoms with van der Waals surface area (Å²) in [6, 6.07) is 0. The van der Waals surface area contributed by atoms with Crippen molar-refractivity contribution in [2.75, 3.05) is 13.1 Å². The molecule has 17 heavy (non-hydrogen) atoms. The van der Waals surface area contributed by atoms with E-state index in [-0.39, 0.29) is 9.22 Å². The average molecular weight is 371 g/mol. The Balaban J connectivity index is 2.36. The van der Waals surface area contributed by atoms with Crippen molar-refractivity contribution in [1.82, 2.24) is 4.90 Å². The molecule has 4 nitrogen and oxygen atoms in total. The number of piperidine rings is 1. The highest BCUT2D eigenvalue weighted by Gasteiger charge is 2.27. The molecule has 0 spiro atoms. The molecule has 1 amide bonds. The van der Waals surface area contributed by atoms with E-state index in [4.69, 9.17) is 4.74 Å². The van der Waals surface area contributed by atoms with E-state index in [0.29, 0.717) is 18.3 Å². The average Bonchev–Trinajstić information content (AvgIpc) is 2.15. The minimum atomic E-state index is -0.444. The fourth-order valence-electron chi connectivity index (χ4n) is 1.61. The van der Waals surface area contributed by atoms with Gasteiger partial charge in [0.25, 0.3) is 0 Å². The Morgan fingerprint density at radius 3 is 2.24 bits per heavy atom. The molecule has 0 atom stereocenters. The van der Waals surface area contributed by atoms with E-state index < -0.39 is 5.60 Å². The molecule has 1 rings (SSSR count). The number of nitrogens with zero attached hydrogens (tertiary/aromatic N) is 1. The van der Waals surface area contributed by atoms with E-state index in [9.17, 15) is 9.59 Å². The van der Waals surface area contributed by atoms with Crippen LogP contribution in [0.5, 0.6) is 0 Å². The van der Waals surface area contributed by atoms with Crippen LogP contribution in [0.1, 0.15) is 33.6 Å². The molecule has 6 heteroatoms. The van der Waals surface area contributed by atoms with E-state index in [1.54, 1.807) is 27.5 Å². The zero-order valence-electron chi connectivity index (χ0n) is 10.4. The largest absolute Gasteiger partial charge is 0.444 e. The number of carbonyl (C=O) groups excluding carboxylic acids is 2. The normalized spacial score (nSPS) is 18.0. The molecule has 0 aromatic carbocycles. The summed E-state index contributed by atoms with van der Waals surface area (Å²) in [5, 5.41) is 0.345. The highest BCUT2D eigenvalue weighted by Crippen LogP contribution is 2.27. The molecule has 98 valence electrons. The zero-order valence-corrected chi connectivity index (χ0v) is 13.3. The van der Waals surface area contributed by atoms with Crippen molar-refractivity contribution >= 4 is 43.6 Å². The molecule has 0 aromatic heterocycles. The first-order chi connectivity index (χ1) is 7.78. The number of carbonyl (C=O) groups is 2. The van der Waals surface area contributed by atoms with Crippen molar-refractivity contribution in [2.45, 2.75) is 44.5 Å². The van der Waals surface area contributed by atoms with Gasteiger partial charge in [0, 0.05) is 40.9 Å². The molecule has 1 heterocycles. The molecule has 0 bridgehead atoms. The molecule has 0 unspecified atom stereocenters. The first-order valence-electron chi connectivity index (χ1n) is 5.62. The van der Waals surface area contributed by atoms with Crippen LogP contribution >= 0.6 is 34.4 Å². The fourth-order valence-corrected chi connectivity index (χ4v) is 3.40.